The third-order valence-corrected chi connectivity index (χ3v) is 9.79. The normalized spacial score (nSPS) is 13.1. The molecular formula is C34H34Cl3N3O7S. The second-order valence-electron chi connectivity index (χ2n) is 11.4. The standard InChI is InChI=1S/C34H34Cl3N3O7S/c1-22-27(35)8-3-11-32(22)46-14-4-12-33(42)40-13-6-15-47-34-25(7-2-9-30(34)40)24-19-38-39(20-24)21-26-28(36)17-23(18-29(26)37)31(41)10-5-16-48(43,44)45/h2-3,7-9,11,17-20H,4-6,10,12-16,21H2,1H3,(H,43,44,45). The van der Waals surface area contributed by atoms with E-state index in [0.717, 1.165) is 16.7 Å². The number of hydrogen-bond donors (Lipinski definition) is 1. The number of nitrogens with zero attached hydrogens (tertiary/aromatic N) is 3. The zero-order valence-electron chi connectivity index (χ0n) is 26.1. The Morgan fingerprint density at radius 1 is 1.02 bits per heavy atom. The molecule has 0 saturated heterocycles. The van der Waals surface area contributed by atoms with Gasteiger partial charge in [0, 0.05) is 68.5 Å². The first-order valence-corrected chi connectivity index (χ1v) is 18.1. The maximum atomic E-state index is 13.4. The molecule has 1 aliphatic heterocycles. The maximum Gasteiger partial charge on any atom is 0.264 e. The summed E-state index contributed by atoms with van der Waals surface area (Å²) >= 11 is 19.2. The van der Waals surface area contributed by atoms with Crippen LogP contribution in [-0.4, -0.2) is 60.0 Å². The van der Waals surface area contributed by atoms with Gasteiger partial charge in [-0.3, -0.25) is 18.8 Å². The summed E-state index contributed by atoms with van der Waals surface area (Å²) in [6, 6.07) is 14.2. The van der Waals surface area contributed by atoms with Crippen LogP contribution in [0.15, 0.2) is 60.9 Å². The largest absolute Gasteiger partial charge is 0.493 e. The van der Waals surface area contributed by atoms with E-state index >= 15 is 0 Å². The van der Waals surface area contributed by atoms with Crippen molar-refractivity contribution < 1.29 is 32.0 Å². The number of fused-ring (bicyclic) bond motifs is 1. The Morgan fingerprint density at radius 2 is 1.77 bits per heavy atom. The minimum Gasteiger partial charge on any atom is -0.493 e. The fraction of sp³-hybridized carbons (Fsp3) is 0.324. The first kappa shape index (κ1) is 35.7. The van der Waals surface area contributed by atoms with Crippen LogP contribution in [0.25, 0.3) is 11.1 Å². The van der Waals surface area contributed by atoms with Crippen molar-refractivity contribution in [2.75, 3.05) is 30.4 Å². The first-order valence-electron chi connectivity index (χ1n) is 15.3. The first-order chi connectivity index (χ1) is 22.9. The Bertz CT molecular complexity index is 1910. The lowest BCUT2D eigenvalue weighted by atomic mass is 10.0. The molecule has 10 nitrogen and oxygen atoms in total. The van der Waals surface area contributed by atoms with Gasteiger partial charge in [0.1, 0.15) is 5.75 Å². The van der Waals surface area contributed by atoms with Crippen molar-refractivity contribution in [1.29, 1.82) is 0 Å². The Kier molecular flexibility index (Phi) is 11.7. The predicted octanol–water partition coefficient (Wildman–Crippen LogP) is 7.69. The van der Waals surface area contributed by atoms with E-state index in [0.29, 0.717) is 66.8 Å². The molecule has 0 atom stereocenters. The number of amides is 1. The van der Waals surface area contributed by atoms with Crippen LogP contribution in [0.4, 0.5) is 5.69 Å². The number of hydrogen-bond acceptors (Lipinski definition) is 7. The summed E-state index contributed by atoms with van der Waals surface area (Å²) in [5, 5.41) is 5.65. The number of ether oxygens (including phenoxy) is 2. The SMILES string of the molecule is Cc1c(Cl)cccc1OCCCC(=O)N1CCCOc2c(-c3cnn(Cc4c(Cl)cc(C(=O)CCCS(=O)(=O)O)cc4Cl)c3)cccc21. The van der Waals surface area contributed by atoms with Gasteiger partial charge in [0.2, 0.25) is 5.91 Å². The van der Waals surface area contributed by atoms with Gasteiger partial charge in [-0.15, -0.1) is 0 Å². The predicted molar refractivity (Wildman–Crippen MR) is 187 cm³/mol. The van der Waals surface area contributed by atoms with Gasteiger partial charge in [0.25, 0.3) is 10.1 Å². The number of rotatable bonds is 13. The number of benzene rings is 3. The average molecular weight is 735 g/mol. The molecule has 14 heteroatoms. The molecule has 1 amide bonds. The smallest absolute Gasteiger partial charge is 0.264 e. The van der Waals surface area contributed by atoms with Crippen molar-refractivity contribution in [1.82, 2.24) is 9.78 Å². The molecule has 0 unspecified atom stereocenters. The van der Waals surface area contributed by atoms with Gasteiger partial charge in [-0.2, -0.15) is 13.5 Å². The number of Topliss-reactive ketones (excluding diaryl/α,β-unsaturated/α-hetero) is 1. The van der Waals surface area contributed by atoms with E-state index in [2.05, 4.69) is 5.10 Å². The molecule has 254 valence electrons. The number of anilines is 1. The summed E-state index contributed by atoms with van der Waals surface area (Å²) in [5.74, 6) is 0.433. The van der Waals surface area contributed by atoms with Crippen LogP contribution < -0.4 is 14.4 Å². The minimum atomic E-state index is -4.15. The number of carbonyl (C=O) groups excluding carboxylic acids is 2. The topological polar surface area (TPSA) is 128 Å². The number of ketones is 1. The number of carbonyl (C=O) groups is 2. The molecule has 1 aliphatic rings. The average Bonchev–Trinajstić information content (AvgIpc) is 3.39. The van der Waals surface area contributed by atoms with Crippen molar-refractivity contribution in [2.24, 2.45) is 0 Å². The van der Waals surface area contributed by atoms with Crippen LogP contribution in [0.2, 0.25) is 15.1 Å². The van der Waals surface area contributed by atoms with Gasteiger partial charge in [0.15, 0.2) is 11.5 Å². The van der Waals surface area contributed by atoms with E-state index in [1.165, 1.54) is 12.1 Å². The van der Waals surface area contributed by atoms with E-state index < -0.39 is 15.9 Å². The third-order valence-electron chi connectivity index (χ3n) is 7.90. The molecule has 1 N–H and O–H groups in total. The molecule has 4 aromatic rings. The molecular weight excluding hydrogens is 701 g/mol. The Morgan fingerprint density at radius 3 is 2.52 bits per heavy atom. The zero-order valence-corrected chi connectivity index (χ0v) is 29.2. The summed E-state index contributed by atoms with van der Waals surface area (Å²) < 4.78 is 44.5. The quantitative estimate of drug-likeness (QED) is 0.0842. The van der Waals surface area contributed by atoms with Crippen molar-refractivity contribution in [3.05, 3.63) is 92.7 Å². The van der Waals surface area contributed by atoms with E-state index in [9.17, 15) is 18.0 Å². The molecule has 48 heavy (non-hydrogen) atoms. The van der Waals surface area contributed by atoms with Gasteiger partial charge in [-0.05, 0) is 56.5 Å². The molecule has 2 heterocycles. The van der Waals surface area contributed by atoms with Gasteiger partial charge >= 0.3 is 0 Å². The highest BCUT2D eigenvalue weighted by atomic mass is 35.5. The highest BCUT2D eigenvalue weighted by Gasteiger charge is 2.25. The summed E-state index contributed by atoms with van der Waals surface area (Å²) in [5.41, 5.74) is 3.90. The lowest BCUT2D eigenvalue weighted by Crippen LogP contribution is -2.31. The van der Waals surface area contributed by atoms with Gasteiger partial charge in [0.05, 0.1) is 37.4 Å². The van der Waals surface area contributed by atoms with Gasteiger partial charge in [-0.25, -0.2) is 0 Å². The Balaban J connectivity index is 1.27. The molecule has 3 aromatic carbocycles. The Labute approximate surface area is 294 Å². The van der Waals surface area contributed by atoms with E-state index in [4.69, 9.17) is 48.8 Å². The lowest BCUT2D eigenvalue weighted by Gasteiger charge is -2.23. The molecule has 0 radical (unpaired) electrons. The van der Waals surface area contributed by atoms with E-state index in [1.807, 2.05) is 49.5 Å². The molecule has 5 rings (SSSR count). The highest BCUT2D eigenvalue weighted by molar-refractivity contribution is 7.85. The summed E-state index contributed by atoms with van der Waals surface area (Å²) in [6.45, 7) is 3.47. The minimum absolute atomic E-state index is 0.0225. The van der Waals surface area contributed by atoms with Crippen molar-refractivity contribution in [2.45, 2.75) is 45.6 Å². The summed E-state index contributed by atoms with van der Waals surface area (Å²) in [6.07, 6.45) is 4.93. The maximum absolute atomic E-state index is 13.4. The fourth-order valence-corrected chi connectivity index (χ4v) is 6.68. The van der Waals surface area contributed by atoms with Crippen LogP contribution in [0, 0.1) is 6.92 Å². The van der Waals surface area contributed by atoms with Crippen LogP contribution in [0.5, 0.6) is 11.5 Å². The molecule has 0 bridgehead atoms. The van der Waals surface area contributed by atoms with Crippen LogP contribution >= 0.6 is 34.8 Å². The molecule has 0 aliphatic carbocycles. The third kappa shape index (κ3) is 8.89. The number of aromatic nitrogens is 2. The number of para-hydroxylation sites is 1. The Hall–Kier alpha value is -3.61. The van der Waals surface area contributed by atoms with Crippen LogP contribution in [-0.2, 0) is 21.5 Å². The lowest BCUT2D eigenvalue weighted by molar-refractivity contribution is -0.118. The van der Waals surface area contributed by atoms with Gasteiger partial charge in [-0.1, -0.05) is 53.0 Å². The van der Waals surface area contributed by atoms with Crippen LogP contribution in [0.3, 0.4) is 0 Å². The van der Waals surface area contributed by atoms with Gasteiger partial charge < -0.3 is 14.4 Å². The fourth-order valence-electron chi connectivity index (χ4n) is 5.40. The monoisotopic (exact) mass is 733 g/mol. The second kappa shape index (κ2) is 15.7. The highest BCUT2D eigenvalue weighted by Crippen LogP contribution is 2.40. The van der Waals surface area contributed by atoms with Crippen LogP contribution in [0.1, 0.15) is 53.6 Å². The van der Waals surface area contributed by atoms with E-state index in [-0.39, 0.29) is 46.7 Å². The van der Waals surface area contributed by atoms with Crippen molar-refractivity contribution in [3.8, 4) is 22.6 Å². The van der Waals surface area contributed by atoms with Crippen molar-refractivity contribution in [3.63, 3.8) is 0 Å². The summed E-state index contributed by atoms with van der Waals surface area (Å²) in [4.78, 5) is 27.7. The number of halogens is 3. The molecule has 1 aromatic heterocycles. The second-order valence-corrected chi connectivity index (χ2v) is 14.2. The van der Waals surface area contributed by atoms with E-state index in [1.54, 1.807) is 15.8 Å². The zero-order chi connectivity index (χ0) is 34.4. The molecule has 0 saturated carbocycles. The van der Waals surface area contributed by atoms with Crippen molar-refractivity contribution >= 4 is 62.3 Å². The summed E-state index contributed by atoms with van der Waals surface area (Å²) in [7, 11) is -4.15. The molecule has 0 fully saturated rings. The molecule has 0 spiro atoms.